The van der Waals surface area contributed by atoms with Crippen molar-refractivity contribution in [3.05, 3.63) is 0 Å². The second kappa shape index (κ2) is 3.03. The first-order chi connectivity index (χ1) is 6.86. The van der Waals surface area contributed by atoms with Crippen LogP contribution >= 0.6 is 0 Å². The van der Waals surface area contributed by atoms with Gasteiger partial charge in [0.05, 0.1) is 0 Å². The van der Waals surface area contributed by atoms with Crippen molar-refractivity contribution in [1.29, 1.82) is 0 Å². The van der Waals surface area contributed by atoms with Crippen LogP contribution in [0, 0.1) is 0 Å². The maximum Gasteiger partial charge on any atom is 0.455 e. The summed E-state index contributed by atoms with van der Waals surface area (Å²) in [6.45, 7) is 0. The highest BCUT2D eigenvalue weighted by Crippen LogP contribution is 2.54. The van der Waals surface area contributed by atoms with Crippen LogP contribution in [-0.4, -0.2) is 30.2 Å². The van der Waals surface area contributed by atoms with Crippen LogP contribution in [0.3, 0.4) is 0 Å². The Morgan fingerprint density at radius 1 is 0.938 bits per heavy atom. The van der Waals surface area contributed by atoms with Crippen LogP contribution in [-0.2, 0) is 14.3 Å². The standard InChI is InChI=1S/C5F8O3/c6-1(14)2(3(7,8)9)15-4(10,11)5(12,13)16-2. The van der Waals surface area contributed by atoms with Crippen molar-refractivity contribution in [2.24, 2.45) is 0 Å². The number of alkyl halides is 7. The van der Waals surface area contributed by atoms with Crippen molar-refractivity contribution < 1.29 is 49.4 Å². The minimum Gasteiger partial charge on any atom is -0.263 e. The van der Waals surface area contributed by atoms with Gasteiger partial charge in [-0.3, -0.25) is 14.3 Å². The van der Waals surface area contributed by atoms with Gasteiger partial charge in [-0.1, -0.05) is 0 Å². The Bertz CT molecular complexity index is 304. The SMILES string of the molecule is O=C(F)C1(C(F)(F)F)OC(F)(F)C(F)(F)O1. The molecule has 1 aliphatic heterocycles. The Labute approximate surface area is 80.9 Å². The van der Waals surface area contributed by atoms with Gasteiger partial charge in [-0.2, -0.15) is 35.1 Å². The molecule has 0 aromatic carbocycles. The highest BCUT2D eigenvalue weighted by Gasteiger charge is 2.83. The van der Waals surface area contributed by atoms with E-state index in [2.05, 4.69) is 9.47 Å². The summed E-state index contributed by atoms with van der Waals surface area (Å²) in [4.78, 5) is 9.89. The van der Waals surface area contributed by atoms with Gasteiger partial charge in [0.15, 0.2) is 0 Å². The van der Waals surface area contributed by atoms with Crippen molar-refractivity contribution >= 4 is 6.04 Å². The summed E-state index contributed by atoms with van der Waals surface area (Å²) in [5.74, 6) is -5.31. The third kappa shape index (κ3) is 1.54. The lowest BCUT2D eigenvalue weighted by Gasteiger charge is -2.23. The summed E-state index contributed by atoms with van der Waals surface area (Å²) in [5, 5.41) is 0. The van der Waals surface area contributed by atoms with Crippen LogP contribution in [0.2, 0.25) is 0 Å². The maximum absolute atomic E-state index is 12.2. The Hall–Kier alpha value is -0.970. The minimum absolute atomic E-state index is 2.42. The van der Waals surface area contributed by atoms with E-state index in [0.29, 0.717) is 0 Å². The fourth-order valence-corrected chi connectivity index (χ4v) is 0.808. The summed E-state index contributed by atoms with van der Waals surface area (Å²) in [6, 6.07) is -3.66. The lowest BCUT2D eigenvalue weighted by molar-refractivity contribution is -0.363. The minimum atomic E-state index is -6.22. The maximum atomic E-state index is 12.2. The summed E-state index contributed by atoms with van der Waals surface area (Å²) in [7, 11) is 0. The van der Waals surface area contributed by atoms with Gasteiger partial charge in [0, 0.05) is 0 Å². The van der Waals surface area contributed by atoms with Gasteiger partial charge < -0.3 is 0 Å². The van der Waals surface area contributed by atoms with Gasteiger partial charge in [-0.25, -0.2) is 0 Å². The normalized spacial score (nSPS) is 26.8. The second-order valence-corrected chi connectivity index (χ2v) is 2.63. The third-order valence-electron chi connectivity index (χ3n) is 1.51. The van der Waals surface area contributed by atoms with Crippen LogP contribution in [0.5, 0.6) is 0 Å². The molecular formula is C5F8O3. The van der Waals surface area contributed by atoms with Crippen molar-refractivity contribution in [3.63, 3.8) is 0 Å². The van der Waals surface area contributed by atoms with E-state index < -0.39 is 30.2 Å². The average Bonchev–Trinajstić information content (AvgIpc) is 2.17. The molecule has 1 saturated heterocycles. The molecule has 1 fully saturated rings. The number of carbonyl (C=O) groups excluding carboxylic acids is 1. The third-order valence-corrected chi connectivity index (χ3v) is 1.51. The van der Waals surface area contributed by atoms with E-state index in [4.69, 9.17) is 0 Å². The number of ether oxygens (including phenoxy) is 2. The molecule has 0 atom stereocenters. The number of hydrogen-bond acceptors (Lipinski definition) is 3. The molecule has 1 rings (SSSR count). The van der Waals surface area contributed by atoms with E-state index in [9.17, 15) is 39.9 Å². The number of carbonyl (C=O) groups is 1. The predicted octanol–water partition coefficient (Wildman–Crippen LogP) is 1.97. The van der Waals surface area contributed by atoms with Crippen LogP contribution in [0.1, 0.15) is 0 Å². The lowest BCUT2D eigenvalue weighted by atomic mass is 10.3. The lowest BCUT2D eigenvalue weighted by Crippen LogP contribution is -2.52. The van der Waals surface area contributed by atoms with Gasteiger partial charge in [0.1, 0.15) is 0 Å². The molecule has 0 N–H and O–H groups in total. The largest absolute Gasteiger partial charge is 0.455 e. The van der Waals surface area contributed by atoms with Crippen molar-refractivity contribution in [3.8, 4) is 0 Å². The summed E-state index contributed by atoms with van der Waals surface area (Å²) in [5.41, 5.74) is 0. The summed E-state index contributed by atoms with van der Waals surface area (Å²) < 4.78 is 102. The molecule has 0 spiro atoms. The molecule has 16 heavy (non-hydrogen) atoms. The van der Waals surface area contributed by atoms with Crippen LogP contribution in [0.25, 0.3) is 0 Å². The fraction of sp³-hybridized carbons (Fsp3) is 0.800. The number of halogens is 8. The zero-order valence-electron chi connectivity index (χ0n) is 6.75. The molecule has 1 heterocycles. The van der Waals surface area contributed by atoms with Crippen LogP contribution in [0.4, 0.5) is 35.1 Å². The zero-order chi connectivity index (χ0) is 13.0. The first-order valence-electron chi connectivity index (χ1n) is 3.28. The Morgan fingerprint density at radius 3 is 1.38 bits per heavy atom. The highest BCUT2D eigenvalue weighted by molar-refractivity contribution is 5.78. The Kier molecular flexibility index (Phi) is 2.48. The Morgan fingerprint density at radius 2 is 1.25 bits per heavy atom. The first kappa shape index (κ1) is 13.1. The molecule has 0 aromatic rings. The summed E-state index contributed by atoms with van der Waals surface area (Å²) >= 11 is 0. The van der Waals surface area contributed by atoms with E-state index in [1.165, 1.54) is 0 Å². The molecule has 0 aromatic heterocycles. The fourth-order valence-electron chi connectivity index (χ4n) is 0.808. The predicted molar refractivity (Wildman–Crippen MR) is 27.0 cm³/mol. The molecule has 1 aliphatic rings. The molecule has 0 radical (unpaired) electrons. The molecule has 11 heteroatoms. The van der Waals surface area contributed by atoms with Crippen LogP contribution in [0.15, 0.2) is 0 Å². The number of rotatable bonds is 1. The molecule has 0 saturated carbocycles. The van der Waals surface area contributed by atoms with E-state index in [1.807, 2.05) is 0 Å². The average molecular weight is 260 g/mol. The van der Waals surface area contributed by atoms with Crippen molar-refractivity contribution in [2.45, 2.75) is 24.2 Å². The molecule has 0 amide bonds. The van der Waals surface area contributed by atoms with Crippen LogP contribution < -0.4 is 0 Å². The monoisotopic (exact) mass is 260 g/mol. The zero-order valence-corrected chi connectivity index (χ0v) is 6.75. The van der Waals surface area contributed by atoms with E-state index >= 15 is 0 Å². The van der Waals surface area contributed by atoms with Gasteiger partial charge in [0.2, 0.25) is 0 Å². The van der Waals surface area contributed by atoms with Gasteiger partial charge in [-0.15, -0.1) is 0 Å². The number of hydrogen-bond donors (Lipinski definition) is 0. The smallest absolute Gasteiger partial charge is 0.263 e. The van der Waals surface area contributed by atoms with E-state index in [0.717, 1.165) is 0 Å². The molecule has 0 aliphatic carbocycles. The van der Waals surface area contributed by atoms with Gasteiger partial charge in [-0.05, 0) is 0 Å². The molecule has 3 nitrogen and oxygen atoms in total. The first-order valence-corrected chi connectivity index (χ1v) is 3.28. The van der Waals surface area contributed by atoms with Gasteiger partial charge in [0.25, 0.3) is 0 Å². The van der Waals surface area contributed by atoms with Crippen molar-refractivity contribution in [1.82, 2.24) is 0 Å². The summed E-state index contributed by atoms with van der Waals surface area (Å²) in [6.07, 6.45) is -17.8. The Balaban J connectivity index is 3.27. The van der Waals surface area contributed by atoms with E-state index in [-0.39, 0.29) is 0 Å². The topological polar surface area (TPSA) is 35.5 Å². The van der Waals surface area contributed by atoms with E-state index in [1.54, 1.807) is 0 Å². The quantitative estimate of drug-likeness (QED) is 0.534. The molecule has 94 valence electrons. The second-order valence-electron chi connectivity index (χ2n) is 2.63. The molecule has 0 unspecified atom stereocenters. The highest BCUT2D eigenvalue weighted by atomic mass is 19.4. The molecular weight excluding hydrogens is 260 g/mol. The van der Waals surface area contributed by atoms with Gasteiger partial charge >= 0.3 is 30.2 Å². The van der Waals surface area contributed by atoms with Crippen molar-refractivity contribution in [2.75, 3.05) is 0 Å². The molecule has 0 bridgehead atoms.